The highest BCUT2D eigenvalue weighted by molar-refractivity contribution is 7.99. The average molecular weight is 503 g/mol. The molecule has 9 heteroatoms. The molecule has 3 heterocycles. The molecule has 2 aromatic carbocycles. The molecule has 36 heavy (non-hydrogen) atoms. The summed E-state index contributed by atoms with van der Waals surface area (Å²) in [5.41, 5.74) is 5.20. The van der Waals surface area contributed by atoms with Gasteiger partial charge in [-0.05, 0) is 29.8 Å². The number of benzene rings is 2. The zero-order valence-electron chi connectivity index (χ0n) is 20.0. The molecule has 0 saturated carbocycles. The second-order valence-corrected chi connectivity index (χ2v) is 9.53. The third-order valence-corrected chi connectivity index (χ3v) is 7.17. The van der Waals surface area contributed by atoms with E-state index in [9.17, 15) is 9.59 Å². The van der Waals surface area contributed by atoms with Gasteiger partial charge in [0.15, 0.2) is 0 Å². The monoisotopic (exact) mass is 502 g/mol. The van der Waals surface area contributed by atoms with Gasteiger partial charge in [-0.1, -0.05) is 24.3 Å². The summed E-state index contributed by atoms with van der Waals surface area (Å²) in [4.78, 5) is 35.1. The van der Waals surface area contributed by atoms with Gasteiger partial charge < -0.3 is 19.4 Å². The van der Waals surface area contributed by atoms with Crippen LogP contribution in [-0.2, 0) is 4.74 Å². The lowest BCUT2D eigenvalue weighted by molar-refractivity contribution is 0.0773. The number of rotatable bonds is 5. The van der Waals surface area contributed by atoms with Crippen LogP contribution in [0.5, 0.6) is 5.75 Å². The van der Waals surface area contributed by atoms with E-state index in [2.05, 4.69) is 21.4 Å². The minimum absolute atomic E-state index is 0.117. The maximum atomic E-state index is 13.4. The molecule has 1 aliphatic rings. The predicted octanol–water partition coefficient (Wildman–Crippen LogP) is 5.27. The van der Waals surface area contributed by atoms with Gasteiger partial charge in [-0.15, -0.1) is 0 Å². The van der Waals surface area contributed by atoms with Gasteiger partial charge in [-0.2, -0.15) is 11.8 Å². The molecular weight excluding hydrogens is 476 g/mol. The van der Waals surface area contributed by atoms with Crippen molar-refractivity contribution in [2.24, 2.45) is 0 Å². The molecule has 2 N–H and O–H groups in total. The first kappa shape index (κ1) is 23.7. The van der Waals surface area contributed by atoms with Crippen LogP contribution in [-0.4, -0.2) is 65.7 Å². The number of ether oxygens (including phenoxy) is 2. The number of fused-ring (bicyclic) bond motifs is 1. The fourth-order valence-corrected chi connectivity index (χ4v) is 5.26. The van der Waals surface area contributed by atoms with Crippen molar-refractivity contribution in [2.45, 2.75) is 0 Å². The van der Waals surface area contributed by atoms with E-state index in [0.717, 1.165) is 50.5 Å². The van der Waals surface area contributed by atoms with Crippen LogP contribution in [0.3, 0.4) is 0 Å². The zero-order valence-corrected chi connectivity index (χ0v) is 20.9. The highest BCUT2D eigenvalue weighted by Gasteiger charge is 2.23. The molecule has 2 amide bonds. The number of amides is 2. The number of H-pyrrole nitrogens is 1. The summed E-state index contributed by atoms with van der Waals surface area (Å²) in [7, 11) is 2.95. The van der Waals surface area contributed by atoms with Crippen molar-refractivity contribution in [3.05, 3.63) is 66.5 Å². The van der Waals surface area contributed by atoms with E-state index in [-0.39, 0.29) is 5.91 Å². The lowest BCUT2D eigenvalue weighted by Gasteiger charge is -2.27. The second-order valence-electron chi connectivity index (χ2n) is 8.30. The minimum atomic E-state index is -0.622. The number of aromatic nitrogens is 2. The Morgan fingerprint density at radius 2 is 1.83 bits per heavy atom. The number of carbonyl (C=O) groups is 2. The summed E-state index contributed by atoms with van der Waals surface area (Å²) in [5.74, 6) is 2.44. The Hall–Kier alpha value is -3.98. The number of anilines is 1. The number of methoxy groups -OCH3 is 2. The lowest BCUT2D eigenvalue weighted by Crippen LogP contribution is -2.38. The van der Waals surface area contributed by atoms with Crippen LogP contribution in [0.2, 0.25) is 0 Å². The molecule has 2 aromatic heterocycles. The van der Waals surface area contributed by atoms with Crippen LogP contribution in [0, 0.1) is 0 Å². The van der Waals surface area contributed by atoms with Crippen LogP contribution < -0.4 is 10.1 Å². The number of para-hydroxylation sites is 1. The zero-order chi connectivity index (χ0) is 25.1. The van der Waals surface area contributed by atoms with E-state index >= 15 is 0 Å². The smallest absolute Gasteiger partial charge is 0.411 e. The van der Waals surface area contributed by atoms with Gasteiger partial charge in [-0.25, -0.2) is 9.78 Å². The molecule has 0 spiro atoms. The quantitative estimate of drug-likeness (QED) is 0.386. The average Bonchev–Trinajstić information content (AvgIpc) is 3.36. The molecule has 0 radical (unpaired) electrons. The maximum Gasteiger partial charge on any atom is 0.411 e. The number of nitrogens with zero attached hydrogens (tertiary/aromatic N) is 2. The number of aromatic amines is 1. The second kappa shape index (κ2) is 10.3. The lowest BCUT2D eigenvalue weighted by atomic mass is 9.99. The largest absolute Gasteiger partial charge is 0.496 e. The first-order valence-electron chi connectivity index (χ1n) is 11.6. The molecule has 0 atom stereocenters. The Labute approximate surface area is 213 Å². The number of pyridine rings is 1. The first-order valence-corrected chi connectivity index (χ1v) is 12.7. The normalized spacial score (nSPS) is 13.4. The summed E-state index contributed by atoms with van der Waals surface area (Å²) in [6.07, 6.45) is 3.08. The van der Waals surface area contributed by atoms with Crippen LogP contribution in [0.4, 0.5) is 10.5 Å². The van der Waals surface area contributed by atoms with Crippen molar-refractivity contribution >= 4 is 40.5 Å². The van der Waals surface area contributed by atoms with Crippen molar-refractivity contribution in [3.8, 4) is 28.0 Å². The first-order chi connectivity index (χ1) is 17.6. The van der Waals surface area contributed by atoms with Gasteiger partial charge in [0, 0.05) is 59.1 Å². The van der Waals surface area contributed by atoms with Crippen molar-refractivity contribution in [1.29, 1.82) is 0 Å². The molecule has 0 aliphatic carbocycles. The third-order valence-electron chi connectivity index (χ3n) is 6.23. The minimum Gasteiger partial charge on any atom is -0.496 e. The summed E-state index contributed by atoms with van der Waals surface area (Å²) in [5, 5.41) is 3.62. The molecule has 4 aromatic rings. The number of nitrogens with one attached hydrogen (secondary N) is 2. The predicted molar refractivity (Wildman–Crippen MR) is 143 cm³/mol. The molecule has 1 fully saturated rings. The summed E-state index contributed by atoms with van der Waals surface area (Å²) >= 11 is 1.83. The Bertz CT molecular complexity index is 1430. The molecule has 184 valence electrons. The molecular formula is C27H26N4O4S. The Morgan fingerprint density at radius 1 is 1.03 bits per heavy atom. The fourth-order valence-electron chi connectivity index (χ4n) is 4.36. The molecule has 8 nitrogen and oxygen atoms in total. The van der Waals surface area contributed by atoms with Crippen molar-refractivity contribution in [1.82, 2.24) is 14.9 Å². The summed E-state index contributed by atoms with van der Waals surface area (Å²) in [6, 6.07) is 15.3. The van der Waals surface area contributed by atoms with Crippen LogP contribution in [0.15, 0.2) is 60.9 Å². The Morgan fingerprint density at radius 3 is 2.61 bits per heavy atom. The van der Waals surface area contributed by atoms with Crippen LogP contribution >= 0.6 is 11.8 Å². The fraction of sp³-hybridized carbons (Fsp3) is 0.222. The molecule has 1 saturated heterocycles. The van der Waals surface area contributed by atoms with E-state index in [0.29, 0.717) is 24.3 Å². The van der Waals surface area contributed by atoms with Gasteiger partial charge in [0.05, 0.1) is 25.5 Å². The van der Waals surface area contributed by atoms with Crippen molar-refractivity contribution < 1.29 is 19.1 Å². The van der Waals surface area contributed by atoms with Gasteiger partial charge in [-0.3, -0.25) is 10.1 Å². The maximum absolute atomic E-state index is 13.4. The standard InChI is InChI=1S/C27H26N4O4S/c1-34-24-6-4-3-5-19(24)22-16-29-25-20(22)14-18(15-28-25)17-7-8-23(30-27(33)35-2)21(13-17)26(32)31-9-11-36-12-10-31/h3-8,13-16H,9-12H2,1-2H3,(H,28,29)(H,30,33). The third kappa shape index (κ3) is 4.61. The summed E-state index contributed by atoms with van der Waals surface area (Å²) < 4.78 is 10.3. The number of hydrogen-bond donors (Lipinski definition) is 2. The van der Waals surface area contributed by atoms with Gasteiger partial charge in [0.1, 0.15) is 11.4 Å². The topological polar surface area (TPSA) is 96.5 Å². The van der Waals surface area contributed by atoms with Gasteiger partial charge in [0.2, 0.25) is 0 Å². The van der Waals surface area contributed by atoms with Gasteiger partial charge >= 0.3 is 6.09 Å². The summed E-state index contributed by atoms with van der Waals surface area (Å²) in [6.45, 7) is 1.34. The van der Waals surface area contributed by atoms with Crippen molar-refractivity contribution in [3.63, 3.8) is 0 Å². The van der Waals surface area contributed by atoms with Crippen LogP contribution in [0.25, 0.3) is 33.3 Å². The van der Waals surface area contributed by atoms with E-state index in [4.69, 9.17) is 9.47 Å². The molecule has 5 rings (SSSR count). The molecule has 1 aliphatic heterocycles. The van der Waals surface area contributed by atoms with Crippen LogP contribution in [0.1, 0.15) is 10.4 Å². The van der Waals surface area contributed by atoms with E-state index in [1.807, 2.05) is 59.3 Å². The number of carbonyl (C=O) groups excluding carboxylic acids is 2. The SMILES string of the molecule is COC(=O)Nc1ccc(-c2cnc3[nH]cc(-c4ccccc4OC)c3c2)cc1C(=O)N1CCSCC1. The van der Waals surface area contributed by atoms with E-state index in [1.165, 1.54) is 7.11 Å². The number of thioether (sulfide) groups is 1. The highest BCUT2D eigenvalue weighted by atomic mass is 32.2. The van der Waals surface area contributed by atoms with Gasteiger partial charge in [0.25, 0.3) is 5.91 Å². The Kier molecular flexibility index (Phi) is 6.81. The van der Waals surface area contributed by atoms with E-state index < -0.39 is 6.09 Å². The van der Waals surface area contributed by atoms with E-state index in [1.54, 1.807) is 19.4 Å². The molecule has 0 bridgehead atoms. The molecule has 0 unspecified atom stereocenters. The Balaban J connectivity index is 1.58. The van der Waals surface area contributed by atoms with Crippen molar-refractivity contribution in [2.75, 3.05) is 44.1 Å². The number of hydrogen-bond acceptors (Lipinski definition) is 6. The highest BCUT2D eigenvalue weighted by Crippen LogP contribution is 2.36.